The normalized spacial score (nSPS) is 10.4. The highest BCUT2D eigenvalue weighted by molar-refractivity contribution is 5.95. The second-order valence-electron chi connectivity index (χ2n) is 4.63. The first-order chi connectivity index (χ1) is 10.1. The Kier molecular flexibility index (Phi) is 4.94. The largest absolute Gasteiger partial charge is 0.491 e. The number of aliphatic hydroxyl groups excluding tert-OH is 1. The number of carbonyl (C=O) groups excluding carboxylic acids is 1. The molecule has 1 heterocycles. The van der Waals surface area contributed by atoms with E-state index in [-0.39, 0.29) is 19.1 Å². The number of aromatic nitrogens is 2. The molecule has 0 saturated carbocycles. The van der Waals surface area contributed by atoms with E-state index in [0.29, 0.717) is 17.9 Å². The molecule has 0 aliphatic carbocycles. The summed E-state index contributed by atoms with van der Waals surface area (Å²) in [4.78, 5) is 12.1. The first-order valence-corrected chi connectivity index (χ1v) is 6.72. The highest BCUT2D eigenvalue weighted by Crippen LogP contribution is 2.17. The summed E-state index contributed by atoms with van der Waals surface area (Å²) in [5.74, 6) is 0.493. The van der Waals surface area contributed by atoms with Gasteiger partial charge in [-0.05, 0) is 13.0 Å². The number of aryl methyl sites for hydroxylation is 1. The fraction of sp³-hybridized carbons (Fsp3) is 0.333. The van der Waals surface area contributed by atoms with Crippen LogP contribution in [0.4, 0.5) is 0 Å². The van der Waals surface area contributed by atoms with Gasteiger partial charge in [-0.1, -0.05) is 18.2 Å². The van der Waals surface area contributed by atoms with Crippen molar-refractivity contribution in [1.82, 2.24) is 15.1 Å². The number of hydrogen-bond acceptors (Lipinski definition) is 4. The van der Waals surface area contributed by atoms with Crippen molar-refractivity contribution >= 4 is 5.91 Å². The van der Waals surface area contributed by atoms with Gasteiger partial charge in [0.15, 0.2) is 0 Å². The molecule has 0 saturated heterocycles. The Balaban J connectivity index is 2.03. The molecule has 0 unspecified atom stereocenters. The number of nitrogens with zero attached hydrogens (tertiary/aromatic N) is 2. The number of amides is 1. The van der Waals surface area contributed by atoms with Crippen molar-refractivity contribution in [3.05, 3.63) is 47.3 Å². The van der Waals surface area contributed by atoms with Crippen LogP contribution in [0.5, 0.6) is 5.75 Å². The van der Waals surface area contributed by atoms with E-state index < -0.39 is 0 Å². The van der Waals surface area contributed by atoms with E-state index in [4.69, 9.17) is 9.84 Å². The molecule has 2 aromatic rings. The second-order valence-corrected chi connectivity index (χ2v) is 4.63. The summed E-state index contributed by atoms with van der Waals surface area (Å²) in [5.41, 5.74) is 2.24. The van der Waals surface area contributed by atoms with Gasteiger partial charge in [0.05, 0.1) is 18.4 Å². The molecule has 1 aromatic carbocycles. The van der Waals surface area contributed by atoms with Crippen LogP contribution in [0.15, 0.2) is 30.5 Å². The summed E-state index contributed by atoms with van der Waals surface area (Å²) in [5, 5.41) is 15.7. The molecule has 0 atom stereocenters. The van der Waals surface area contributed by atoms with Gasteiger partial charge in [-0.2, -0.15) is 5.10 Å². The molecule has 21 heavy (non-hydrogen) atoms. The molecule has 6 nitrogen and oxygen atoms in total. The molecule has 1 amide bonds. The van der Waals surface area contributed by atoms with Crippen LogP contribution in [0.3, 0.4) is 0 Å². The van der Waals surface area contributed by atoms with Crippen molar-refractivity contribution in [3.8, 4) is 5.75 Å². The van der Waals surface area contributed by atoms with E-state index in [0.717, 1.165) is 11.3 Å². The summed E-state index contributed by atoms with van der Waals surface area (Å²) in [6, 6.07) is 7.42. The van der Waals surface area contributed by atoms with Gasteiger partial charge in [-0.3, -0.25) is 9.48 Å². The molecule has 1 aromatic heterocycles. The number of para-hydroxylation sites is 1. The Labute approximate surface area is 123 Å². The van der Waals surface area contributed by atoms with Gasteiger partial charge in [0.1, 0.15) is 12.4 Å². The minimum absolute atomic E-state index is 0.0461. The summed E-state index contributed by atoms with van der Waals surface area (Å²) in [7, 11) is 1.80. The average molecular weight is 289 g/mol. The minimum atomic E-state index is -0.169. The van der Waals surface area contributed by atoms with Gasteiger partial charge in [-0.15, -0.1) is 0 Å². The molecule has 0 fully saturated rings. The predicted molar refractivity (Wildman–Crippen MR) is 78.1 cm³/mol. The topological polar surface area (TPSA) is 76.4 Å². The highest BCUT2D eigenvalue weighted by Gasteiger charge is 2.13. The van der Waals surface area contributed by atoms with E-state index in [2.05, 4.69) is 10.4 Å². The van der Waals surface area contributed by atoms with Crippen LogP contribution in [0.2, 0.25) is 0 Å². The SMILES string of the molecule is Cc1c(C(=O)NCc2ccccc2OCCO)cnn1C. The van der Waals surface area contributed by atoms with Gasteiger partial charge < -0.3 is 15.2 Å². The lowest BCUT2D eigenvalue weighted by Gasteiger charge is -2.11. The van der Waals surface area contributed by atoms with Crippen LogP contribution in [-0.4, -0.2) is 34.0 Å². The molecule has 2 N–H and O–H groups in total. The number of hydrogen-bond donors (Lipinski definition) is 2. The number of carbonyl (C=O) groups is 1. The Morgan fingerprint density at radius 1 is 1.43 bits per heavy atom. The maximum absolute atomic E-state index is 12.1. The van der Waals surface area contributed by atoms with E-state index >= 15 is 0 Å². The van der Waals surface area contributed by atoms with E-state index in [1.54, 1.807) is 17.9 Å². The van der Waals surface area contributed by atoms with Crippen LogP contribution in [0.25, 0.3) is 0 Å². The number of nitrogens with one attached hydrogen (secondary N) is 1. The van der Waals surface area contributed by atoms with Crippen LogP contribution in [0.1, 0.15) is 21.6 Å². The van der Waals surface area contributed by atoms with Gasteiger partial charge in [0, 0.05) is 24.8 Å². The minimum Gasteiger partial charge on any atom is -0.491 e. The zero-order valence-electron chi connectivity index (χ0n) is 12.2. The fourth-order valence-corrected chi connectivity index (χ4v) is 1.94. The standard InChI is InChI=1S/C15H19N3O3/c1-11-13(10-17-18(11)2)15(20)16-9-12-5-3-4-6-14(12)21-8-7-19/h3-6,10,19H,7-9H2,1-2H3,(H,16,20). The highest BCUT2D eigenvalue weighted by atomic mass is 16.5. The average Bonchev–Trinajstić information content (AvgIpc) is 2.83. The first-order valence-electron chi connectivity index (χ1n) is 6.72. The van der Waals surface area contributed by atoms with Gasteiger partial charge in [0.2, 0.25) is 0 Å². The number of benzene rings is 1. The van der Waals surface area contributed by atoms with Crippen LogP contribution < -0.4 is 10.1 Å². The maximum Gasteiger partial charge on any atom is 0.255 e. The molecule has 0 radical (unpaired) electrons. The Morgan fingerprint density at radius 3 is 2.86 bits per heavy atom. The lowest BCUT2D eigenvalue weighted by atomic mass is 10.2. The zero-order chi connectivity index (χ0) is 15.2. The van der Waals surface area contributed by atoms with Crippen LogP contribution >= 0.6 is 0 Å². The number of aliphatic hydroxyl groups is 1. The summed E-state index contributed by atoms with van der Waals surface area (Å²) < 4.78 is 7.09. The molecular formula is C15H19N3O3. The van der Waals surface area contributed by atoms with Crippen molar-refractivity contribution in [2.24, 2.45) is 7.05 Å². The third-order valence-electron chi connectivity index (χ3n) is 3.24. The monoisotopic (exact) mass is 289 g/mol. The third-order valence-corrected chi connectivity index (χ3v) is 3.24. The van der Waals surface area contributed by atoms with Crippen LogP contribution in [0, 0.1) is 6.92 Å². The van der Waals surface area contributed by atoms with Crippen molar-refractivity contribution in [2.45, 2.75) is 13.5 Å². The number of rotatable bonds is 6. The summed E-state index contributed by atoms with van der Waals surface area (Å²) in [6.07, 6.45) is 1.55. The van der Waals surface area contributed by atoms with Crippen LogP contribution in [-0.2, 0) is 13.6 Å². The Hall–Kier alpha value is -2.34. The molecule has 112 valence electrons. The molecular weight excluding hydrogens is 270 g/mol. The van der Waals surface area contributed by atoms with E-state index in [1.165, 1.54) is 0 Å². The smallest absolute Gasteiger partial charge is 0.255 e. The first kappa shape index (κ1) is 15.1. The second kappa shape index (κ2) is 6.90. The predicted octanol–water partition coefficient (Wildman–Crippen LogP) is 1.03. The lowest BCUT2D eigenvalue weighted by molar-refractivity contribution is 0.0949. The van der Waals surface area contributed by atoms with Gasteiger partial charge >= 0.3 is 0 Å². The molecule has 6 heteroatoms. The van der Waals surface area contributed by atoms with Crippen molar-refractivity contribution < 1.29 is 14.6 Å². The van der Waals surface area contributed by atoms with Crippen molar-refractivity contribution in [3.63, 3.8) is 0 Å². The number of ether oxygens (including phenoxy) is 1. The quantitative estimate of drug-likeness (QED) is 0.833. The summed E-state index contributed by atoms with van der Waals surface area (Å²) >= 11 is 0. The maximum atomic E-state index is 12.1. The molecule has 0 aliphatic rings. The van der Waals surface area contributed by atoms with E-state index in [1.807, 2.05) is 31.2 Å². The van der Waals surface area contributed by atoms with Crippen molar-refractivity contribution in [1.29, 1.82) is 0 Å². The lowest BCUT2D eigenvalue weighted by Crippen LogP contribution is -2.23. The van der Waals surface area contributed by atoms with Gasteiger partial charge in [0.25, 0.3) is 5.91 Å². The molecule has 0 bridgehead atoms. The Bertz CT molecular complexity index is 622. The third kappa shape index (κ3) is 3.61. The Morgan fingerprint density at radius 2 is 2.19 bits per heavy atom. The molecule has 0 aliphatic heterocycles. The molecule has 2 rings (SSSR count). The van der Waals surface area contributed by atoms with E-state index in [9.17, 15) is 4.79 Å². The molecule has 0 spiro atoms. The zero-order valence-corrected chi connectivity index (χ0v) is 12.2. The van der Waals surface area contributed by atoms with Gasteiger partial charge in [-0.25, -0.2) is 0 Å². The fourth-order valence-electron chi connectivity index (χ4n) is 1.94. The van der Waals surface area contributed by atoms with Crippen molar-refractivity contribution in [2.75, 3.05) is 13.2 Å². The summed E-state index contributed by atoms with van der Waals surface area (Å²) in [6.45, 7) is 2.39.